The maximum atomic E-state index is 13.3. The summed E-state index contributed by atoms with van der Waals surface area (Å²) in [7, 11) is 0. The Labute approximate surface area is 133 Å². The molecule has 4 rings (SSSR count). The van der Waals surface area contributed by atoms with Gasteiger partial charge in [0.1, 0.15) is 0 Å². The SMILES string of the molecule is O=C(c1ccccc1C1CC1)N(CC1CCC1)[C@H]1CCNC1. The number of nitrogens with zero attached hydrogens (tertiary/aromatic N) is 1. The van der Waals surface area contributed by atoms with Crippen molar-refractivity contribution in [2.45, 2.75) is 50.5 Å². The van der Waals surface area contributed by atoms with E-state index in [1.165, 1.54) is 37.7 Å². The van der Waals surface area contributed by atoms with Crippen LogP contribution in [0.3, 0.4) is 0 Å². The second kappa shape index (κ2) is 6.04. The molecule has 3 heteroatoms. The average molecular weight is 298 g/mol. The van der Waals surface area contributed by atoms with Crippen LogP contribution in [0.1, 0.15) is 60.4 Å². The second-order valence-corrected chi connectivity index (χ2v) is 7.26. The summed E-state index contributed by atoms with van der Waals surface area (Å²) < 4.78 is 0. The van der Waals surface area contributed by atoms with E-state index in [2.05, 4.69) is 22.3 Å². The van der Waals surface area contributed by atoms with Gasteiger partial charge in [-0.1, -0.05) is 24.6 Å². The van der Waals surface area contributed by atoms with E-state index in [4.69, 9.17) is 0 Å². The van der Waals surface area contributed by atoms with Crippen LogP contribution in [-0.2, 0) is 0 Å². The number of hydrogen-bond acceptors (Lipinski definition) is 2. The summed E-state index contributed by atoms with van der Waals surface area (Å²) >= 11 is 0. The van der Waals surface area contributed by atoms with E-state index in [-0.39, 0.29) is 5.91 Å². The number of benzene rings is 1. The molecule has 1 aromatic carbocycles. The maximum absolute atomic E-state index is 13.3. The van der Waals surface area contributed by atoms with Gasteiger partial charge in [-0.25, -0.2) is 0 Å². The Hall–Kier alpha value is -1.35. The Morgan fingerprint density at radius 1 is 1.14 bits per heavy atom. The van der Waals surface area contributed by atoms with Gasteiger partial charge in [-0.05, 0) is 62.1 Å². The lowest BCUT2D eigenvalue weighted by Gasteiger charge is -2.36. The molecule has 3 fully saturated rings. The Bertz CT molecular complexity index is 542. The Kier molecular flexibility index (Phi) is 3.91. The van der Waals surface area contributed by atoms with E-state index in [0.717, 1.165) is 37.5 Å². The minimum absolute atomic E-state index is 0.281. The van der Waals surface area contributed by atoms with E-state index in [0.29, 0.717) is 12.0 Å². The molecule has 0 radical (unpaired) electrons. The zero-order chi connectivity index (χ0) is 14.9. The monoisotopic (exact) mass is 298 g/mol. The van der Waals surface area contributed by atoms with Gasteiger partial charge in [0.15, 0.2) is 0 Å². The molecular weight excluding hydrogens is 272 g/mol. The van der Waals surface area contributed by atoms with Gasteiger partial charge in [0.2, 0.25) is 0 Å². The summed E-state index contributed by atoms with van der Waals surface area (Å²) in [6.45, 7) is 2.97. The van der Waals surface area contributed by atoms with Gasteiger partial charge in [0.25, 0.3) is 5.91 Å². The minimum atomic E-state index is 0.281. The fourth-order valence-electron chi connectivity index (χ4n) is 3.85. The van der Waals surface area contributed by atoms with Crippen LogP contribution in [0.4, 0.5) is 0 Å². The number of rotatable bonds is 5. The minimum Gasteiger partial charge on any atom is -0.334 e. The van der Waals surface area contributed by atoms with E-state index in [1.807, 2.05) is 12.1 Å². The predicted octanol–water partition coefficient (Wildman–Crippen LogP) is 3.17. The van der Waals surface area contributed by atoms with Crippen LogP contribution in [0.2, 0.25) is 0 Å². The first-order valence-corrected chi connectivity index (χ1v) is 8.93. The summed E-state index contributed by atoms with van der Waals surface area (Å²) in [5, 5.41) is 3.42. The van der Waals surface area contributed by atoms with Crippen molar-refractivity contribution in [3.05, 3.63) is 35.4 Å². The fourth-order valence-corrected chi connectivity index (χ4v) is 3.85. The number of amides is 1. The Morgan fingerprint density at radius 3 is 2.59 bits per heavy atom. The van der Waals surface area contributed by atoms with Crippen LogP contribution >= 0.6 is 0 Å². The molecular formula is C19H26N2O. The summed E-state index contributed by atoms with van der Waals surface area (Å²) in [4.78, 5) is 15.5. The van der Waals surface area contributed by atoms with Gasteiger partial charge in [0.05, 0.1) is 0 Å². The molecule has 1 heterocycles. The lowest BCUT2D eigenvalue weighted by molar-refractivity contribution is 0.0614. The molecule has 22 heavy (non-hydrogen) atoms. The van der Waals surface area contributed by atoms with Gasteiger partial charge in [0, 0.05) is 24.7 Å². The summed E-state index contributed by atoms with van der Waals surface area (Å²) in [5.41, 5.74) is 2.26. The summed E-state index contributed by atoms with van der Waals surface area (Å²) in [5.74, 6) is 1.65. The highest BCUT2D eigenvalue weighted by molar-refractivity contribution is 5.96. The highest BCUT2D eigenvalue weighted by Crippen LogP contribution is 2.42. The van der Waals surface area contributed by atoms with Crippen LogP contribution in [0, 0.1) is 5.92 Å². The second-order valence-electron chi connectivity index (χ2n) is 7.26. The highest BCUT2D eigenvalue weighted by Gasteiger charge is 2.34. The molecule has 1 atom stereocenters. The number of carbonyl (C=O) groups is 1. The highest BCUT2D eigenvalue weighted by atomic mass is 16.2. The van der Waals surface area contributed by atoms with Crippen molar-refractivity contribution in [2.75, 3.05) is 19.6 Å². The van der Waals surface area contributed by atoms with E-state index >= 15 is 0 Å². The van der Waals surface area contributed by atoms with Crippen molar-refractivity contribution in [1.82, 2.24) is 10.2 Å². The van der Waals surface area contributed by atoms with Crippen LogP contribution in [0.5, 0.6) is 0 Å². The zero-order valence-corrected chi connectivity index (χ0v) is 13.3. The van der Waals surface area contributed by atoms with E-state index in [9.17, 15) is 4.79 Å². The fraction of sp³-hybridized carbons (Fsp3) is 0.632. The third-order valence-corrected chi connectivity index (χ3v) is 5.62. The molecule has 3 aliphatic rings. The molecule has 118 valence electrons. The molecule has 0 spiro atoms. The summed E-state index contributed by atoms with van der Waals surface area (Å²) in [6, 6.07) is 8.71. The molecule has 0 aromatic heterocycles. The molecule has 2 saturated carbocycles. The predicted molar refractivity (Wildman–Crippen MR) is 88.1 cm³/mol. The molecule has 1 N–H and O–H groups in total. The van der Waals surface area contributed by atoms with Crippen molar-refractivity contribution in [1.29, 1.82) is 0 Å². The van der Waals surface area contributed by atoms with E-state index < -0.39 is 0 Å². The van der Waals surface area contributed by atoms with Crippen LogP contribution in [0.25, 0.3) is 0 Å². The van der Waals surface area contributed by atoms with Crippen LogP contribution in [0.15, 0.2) is 24.3 Å². The maximum Gasteiger partial charge on any atom is 0.254 e. The summed E-state index contributed by atoms with van der Waals surface area (Å²) in [6.07, 6.45) is 7.54. The standard InChI is InChI=1S/C19H26N2O/c22-19(18-7-2-1-6-17(18)15-8-9-15)21(13-14-4-3-5-14)16-10-11-20-12-16/h1-2,6-7,14-16,20H,3-5,8-13H2/t16-/m0/s1. The molecule has 3 nitrogen and oxygen atoms in total. The first-order chi connectivity index (χ1) is 10.8. The Morgan fingerprint density at radius 2 is 1.95 bits per heavy atom. The third-order valence-electron chi connectivity index (χ3n) is 5.62. The average Bonchev–Trinajstić information content (AvgIpc) is 3.21. The normalized spacial score (nSPS) is 25.0. The Balaban J connectivity index is 1.58. The van der Waals surface area contributed by atoms with Gasteiger partial charge < -0.3 is 10.2 Å². The molecule has 1 amide bonds. The largest absolute Gasteiger partial charge is 0.334 e. The lowest BCUT2D eigenvalue weighted by atomic mass is 9.84. The van der Waals surface area contributed by atoms with Crippen LogP contribution in [-0.4, -0.2) is 36.5 Å². The van der Waals surface area contributed by atoms with Crippen molar-refractivity contribution in [3.63, 3.8) is 0 Å². The number of carbonyl (C=O) groups excluding carboxylic acids is 1. The molecule has 1 aromatic rings. The number of nitrogens with one attached hydrogen (secondary N) is 1. The van der Waals surface area contributed by atoms with Gasteiger partial charge in [-0.2, -0.15) is 0 Å². The molecule has 0 unspecified atom stereocenters. The molecule has 1 aliphatic heterocycles. The zero-order valence-electron chi connectivity index (χ0n) is 13.3. The van der Waals surface area contributed by atoms with Crippen molar-refractivity contribution >= 4 is 5.91 Å². The molecule has 2 aliphatic carbocycles. The molecule has 1 saturated heterocycles. The van der Waals surface area contributed by atoms with Gasteiger partial charge in [-0.3, -0.25) is 4.79 Å². The van der Waals surface area contributed by atoms with Crippen molar-refractivity contribution < 1.29 is 4.79 Å². The van der Waals surface area contributed by atoms with Crippen LogP contribution < -0.4 is 5.32 Å². The van der Waals surface area contributed by atoms with Gasteiger partial charge >= 0.3 is 0 Å². The van der Waals surface area contributed by atoms with Crippen molar-refractivity contribution in [3.8, 4) is 0 Å². The topological polar surface area (TPSA) is 32.3 Å². The van der Waals surface area contributed by atoms with Gasteiger partial charge in [-0.15, -0.1) is 0 Å². The first kappa shape index (κ1) is 14.3. The smallest absolute Gasteiger partial charge is 0.254 e. The lowest BCUT2D eigenvalue weighted by Crippen LogP contribution is -2.45. The van der Waals surface area contributed by atoms with Crippen molar-refractivity contribution in [2.24, 2.45) is 5.92 Å². The molecule has 0 bridgehead atoms. The van der Waals surface area contributed by atoms with E-state index in [1.54, 1.807) is 0 Å². The first-order valence-electron chi connectivity index (χ1n) is 8.93. The quantitative estimate of drug-likeness (QED) is 0.905. The third kappa shape index (κ3) is 2.79. The number of hydrogen-bond donors (Lipinski definition) is 1.